The highest BCUT2D eigenvalue weighted by molar-refractivity contribution is 5.43. The van der Waals surface area contributed by atoms with Gasteiger partial charge in [-0.15, -0.1) is 0 Å². The van der Waals surface area contributed by atoms with Crippen LogP contribution in [-0.2, 0) is 13.2 Å². The summed E-state index contributed by atoms with van der Waals surface area (Å²) in [5.41, 5.74) is 2.20. The standard InChI is InChI=1S/C17H22N2O2/c1-13(2)19-11-14-6-7-16(20-3)17(9-14)21-12-15-5-4-8-18-10-15/h4-10,13,19H,11-12H2,1-3H3. The Morgan fingerprint density at radius 3 is 2.67 bits per heavy atom. The first-order valence-electron chi connectivity index (χ1n) is 7.11. The molecule has 0 bridgehead atoms. The van der Waals surface area contributed by atoms with E-state index in [1.54, 1.807) is 19.5 Å². The molecule has 0 amide bonds. The molecule has 2 aromatic rings. The number of pyridine rings is 1. The third kappa shape index (κ3) is 4.76. The van der Waals surface area contributed by atoms with Crippen LogP contribution in [0.2, 0.25) is 0 Å². The average Bonchev–Trinajstić information content (AvgIpc) is 2.52. The quantitative estimate of drug-likeness (QED) is 0.849. The predicted octanol–water partition coefficient (Wildman–Crippen LogP) is 3.17. The Labute approximate surface area is 126 Å². The fraction of sp³-hybridized carbons (Fsp3) is 0.353. The van der Waals surface area contributed by atoms with Gasteiger partial charge in [-0.25, -0.2) is 0 Å². The maximum Gasteiger partial charge on any atom is 0.161 e. The van der Waals surface area contributed by atoms with Gasteiger partial charge in [-0.05, 0) is 23.8 Å². The normalized spacial score (nSPS) is 10.7. The minimum Gasteiger partial charge on any atom is -0.493 e. The Balaban J connectivity index is 2.06. The van der Waals surface area contributed by atoms with Crippen molar-refractivity contribution in [2.45, 2.75) is 33.0 Å². The molecule has 4 heteroatoms. The maximum atomic E-state index is 5.87. The van der Waals surface area contributed by atoms with E-state index in [0.717, 1.165) is 23.6 Å². The lowest BCUT2D eigenvalue weighted by Gasteiger charge is -2.13. The summed E-state index contributed by atoms with van der Waals surface area (Å²) in [6.07, 6.45) is 3.55. The van der Waals surface area contributed by atoms with Gasteiger partial charge in [0.15, 0.2) is 11.5 Å². The van der Waals surface area contributed by atoms with Crippen molar-refractivity contribution in [2.75, 3.05) is 7.11 Å². The molecule has 1 heterocycles. The number of hydrogen-bond donors (Lipinski definition) is 1. The molecule has 0 saturated carbocycles. The number of nitrogens with zero attached hydrogens (tertiary/aromatic N) is 1. The molecule has 0 saturated heterocycles. The van der Waals surface area contributed by atoms with E-state index in [0.29, 0.717) is 12.6 Å². The second-order valence-corrected chi connectivity index (χ2v) is 5.17. The minimum absolute atomic E-state index is 0.451. The molecule has 0 spiro atoms. The van der Waals surface area contributed by atoms with Crippen LogP contribution in [0.5, 0.6) is 11.5 Å². The first-order valence-corrected chi connectivity index (χ1v) is 7.11. The summed E-state index contributed by atoms with van der Waals surface area (Å²) in [6.45, 7) is 5.54. The van der Waals surface area contributed by atoms with Gasteiger partial charge in [0.2, 0.25) is 0 Å². The van der Waals surface area contributed by atoms with Crippen molar-refractivity contribution >= 4 is 0 Å². The van der Waals surface area contributed by atoms with Crippen LogP contribution in [0.4, 0.5) is 0 Å². The van der Waals surface area contributed by atoms with Gasteiger partial charge in [-0.1, -0.05) is 26.0 Å². The highest BCUT2D eigenvalue weighted by Gasteiger charge is 2.07. The molecule has 1 aromatic heterocycles. The Kier molecular flexibility index (Phi) is 5.58. The lowest BCUT2D eigenvalue weighted by Crippen LogP contribution is -2.21. The molecule has 21 heavy (non-hydrogen) atoms. The molecular weight excluding hydrogens is 264 g/mol. The number of aromatic nitrogens is 1. The molecule has 0 atom stereocenters. The van der Waals surface area contributed by atoms with Crippen LogP contribution in [0.25, 0.3) is 0 Å². The maximum absolute atomic E-state index is 5.87. The molecule has 4 nitrogen and oxygen atoms in total. The van der Waals surface area contributed by atoms with Crippen molar-refractivity contribution < 1.29 is 9.47 Å². The summed E-state index contributed by atoms with van der Waals surface area (Å²) in [4.78, 5) is 4.08. The van der Waals surface area contributed by atoms with Crippen molar-refractivity contribution in [1.29, 1.82) is 0 Å². The summed E-state index contributed by atoms with van der Waals surface area (Å²) in [5, 5.41) is 3.39. The fourth-order valence-corrected chi connectivity index (χ4v) is 1.91. The van der Waals surface area contributed by atoms with E-state index in [2.05, 4.69) is 24.1 Å². The Morgan fingerprint density at radius 1 is 1.14 bits per heavy atom. The van der Waals surface area contributed by atoms with E-state index in [1.165, 1.54) is 5.56 Å². The van der Waals surface area contributed by atoms with Gasteiger partial charge in [-0.3, -0.25) is 4.98 Å². The predicted molar refractivity (Wildman–Crippen MR) is 83.5 cm³/mol. The van der Waals surface area contributed by atoms with Crippen molar-refractivity contribution in [1.82, 2.24) is 10.3 Å². The van der Waals surface area contributed by atoms with Crippen LogP contribution in [0.1, 0.15) is 25.0 Å². The summed E-state index contributed by atoms with van der Waals surface area (Å²) in [6, 6.07) is 10.3. The topological polar surface area (TPSA) is 43.4 Å². The van der Waals surface area contributed by atoms with E-state index >= 15 is 0 Å². The summed E-state index contributed by atoms with van der Waals surface area (Å²) >= 11 is 0. The van der Waals surface area contributed by atoms with E-state index < -0.39 is 0 Å². The zero-order chi connectivity index (χ0) is 15.1. The zero-order valence-electron chi connectivity index (χ0n) is 12.8. The molecule has 0 unspecified atom stereocenters. The van der Waals surface area contributed by atoms with E-state index in [-0.39, 0.29) is 0 Å². The van der Waals surface area contributed by atoms with Crippen LogP contribution in [0.3, 0.4) is 0 Å². The van der Waals surface area contributed by atoms with Crippen molar-refractivity contribution in [3.63, 3.8) is 0 Å². The second-order valence-electron chi connectivity index (χ2n) is 5.17. The first-order chi connectivity index (χ1) is 10.2. The molecule has 0 aliphatic heterocycles. The highest BCUT2D eigenvalue weighted by Crippen LogP contribution is 2.28. The Bertz CT molecular complexity index is 556. The molecule has 1 N–H and O–H groups in total. The number of hydrogen-bond acceptors (Lipinski definition) is 4. The highest BCUT2D eigenvalue weighted by atomic mass is 16.5. The molecule has 112 valence electrons. The van der Waals surface area contributed by atoms with Gasteiger partial charge in [-0.2, -0.15) is 0 Å². The van der Waals surface area contributed by atoms with Crippen LogP contribution < -0.4 is 14.8 Å². The van der Waals surface area contributed by atoms with Gasteiger partial charge >= 0.3 is 0 Å². The first kappa shape index (κ1) is 15.3. The molecule has 0 aliphatic carbocycles. The summed E-state index contributed by atoms with van der Waals surface area (Å²) in [5.74, 6) is 1.50. The number of methoxy groups -OCH3 is 1. The second kappa shape index (κ2) is 7.64. The van der Waals surface area contributed by atoms with Gasteiger partial charge in [0, 0.05) is 30.5 Å². The largest absolute Gasteiger partial charge is 0.493 e. The van der Waals surface area contributed by atoms with E-state index in [9.17, 15) is 0 Å². The monoisotopic (exact) mass is 286 g/mol. The van der Waals surface area contributed by atoms with Crippen LogP contribution in [-0.4, -0.2) is 18.1 Å². The lowest BCUT2D eigenvalue weighted by molar-refractivity contribution is 0.283. The van der Waals surface area contributed by atoms with E-state index in [4.69, 9.17) is 9.47 Å². The van der Waals surface area contributed by atoms with Gasteiger partial charge in [0.1, 0.15) is 6.61 Å². The zero-order valence-corrected chi connectivity index (χ0v) is 12.8. The third-order valence-corrected chi connectivity index (χ3v) is 3.06. The van der Waals surface area contributed by atoms with Crippen molar-refractivity contribution in [3.05, 3.63) is 53.9 Å². The van der Waals surface area contributed by atoms with Crippen molar-refractivity contribution in [2.24, 2.45) is 0 Å². The molecule has 0 fully saturated rings. The van der Waals surface area contributed by atoms with Gasteiger partial charge in [0.25, 0.3) is 0 Å². The molecule has 0 aliphatic rings. The average molecular weight is 286 g/mol. The van der Waals surface area contributed by atoms with Gasteiger partial charge in [0.05, 0.1) is 7.11 Å². The minimum atomic E-state index is 0.451. The van der Waals surface area contributed by atoms with Crippen LogP contribution in [0.15, 0.2) is 42.7 Å². The third-order valence-electron chi connectivity index (χ3n) is 3.06. The number of nitrogens with one attached hydrogen (secondary N) is 1. The Morgan fingerprint density at radius 2 is 2.00 bits per heavy atom. The Hall–Kier alpha value is -2.07. The summed E-state index contributed by atoms with van der Waals surface area (Å²) in [7, 11) is 1.65. The lowest BCUT2D eigenvalue weighted by atomic mass is 10.2. The number of rotatable bonds is 7. The number of ether oxygens (including phenoxy) is 2. The molecule has 2 rings (SSSR count). The SMILES string of the molecule is COc1ccc(CNC(C)C)cc1OCc1cccnc1. The molecular formula is C17H22N2O2. The van der Waals surface area contributed by atoms with Crippen LogP contribution >= 0.6 is 0 Å². The molecule has 1 aromatic carbocycles. The van der Waals surface area contributed by atoms with E-state index in [1.807, 2.05) is 30.3 Å². The molecule has 0 radical (unpaired) electrons. The smallest absolute Gasteiger partial charge is 0.161 e. The van der Waals surface area contributed by atoms with Crippen molar-refractivity contribution in [3.8, 4) is 11.5 Å². The fourth-order valence-electron chi connectivity index (χ4n) is 1.91. The van der Waals surface area contributed by atoms with Gasteiger partial charge < -0.3 is 14.8 Å². The number of benzene rings is 1. The summed E-state index contributed by atoms with van der Waals surface area (Å²) < 4.78 is 11.2. The van der Waals surface area contributed by atoms with Crippen LogP contribution in [0, 0.1) is 0 Å².